The topological polar surface area (TPSA) is 49.3 Å². The van der Waals surface area contributed by atoms with Gasteiger partial charge in [-0.1, -0.05) is 32.6 Å². The third-order valence-electron chi connectivity index (χ3n) is 3.08. The minimum absolute atomic E-state index is 0.0863. The van der Waals surface area contributed by atoms with E-state index in [9.17, 15) is 9.90 Å². The highest BCUT2D eigenvalue weighted by molar-refractivity contribution is 9.10. The Morgan fingerprint density at radius 3 is 2.74 bits per heavy atom. The molecule has 1 unspecified atom stereocenters. The molecular formula is C15H22BrNO2. The van der Waals surface area contributed by atoms with Gasteiger partial charge >= 0.3 is 0 Å². The number of phenols is 1. The van der Waals surface area contributed by atoms with Crippen LogP contribution in [0.2, 0.25) is 0 Å². The fourth-order valence-electron chi connectivity index (χ4n) is 1.91. The van der Waals surface area contributed by atoms with Crippen LogP contribution in [0.4, 0.5) is 0 Å². The summed E-state index contributed by atoms with van der Waals surface area (Å²) in [6.07, 6.45) is 5.82. The Morgan fingerprint density at radius 2 is 2.11 bits per heavy atom. The fraction of sp³-hybridized carbons (Fsp3) is 0.533. The number of hydrogen-bond donors (Lipinski definition) is 2. The van der Waals surface area contributed by atoms with Crippen LogP contribution in [0.1, 0.15) is 56.3 Å². The van der Waals surface area contributed by atoms with E-state index in [1.54, 1.807) is 12.1 Å². The molecule has 1 aromatic rings. The molecular weight excluding hydrogens is 306 g/mol. The second kappa shape index (κ2) is 8.20. The molecule has 0 aliphatic heterocycles. The summed E-state index contributed by atoms with van der Waals surface area (Å²) in [4.78, 5) is 12.0. The van der Waals surface area contributed by atoms with Crippen LogP contribution in [-0.2, 0) is 0 Å². The van der Waals surface area contributed by atoms with Gasteiger partial charge in [-0.05, 0) is 47.5 Å². The number of aromatic hydroxyl groups is 1. The van der Waals surface area contributed by atoms with Gasteiger partial charge < -0.3 is 10.4 Å². The van der Waals surface area contributed by atoms with Gasteiger partial charge in [0.1, 0.15) is 5.75 Å². The molecule has 1 amide bonds. The van der Waals surface area contributed by atoms with Crippen LogP contribution in [0.5, 0.6) is 5.75 Å². The molecule has 106 valence electrons. The van der Waals surface area contributed by atoms with E-state index in [-0.39, 0.29) is 17.7 Å². The standard InChI is InChI=1S/C15H22BrNO2/c1-3-4-5-6-7-11(2)17-15(19)12-8-9-13(16)14(18)10-12/h8-11,18H,3-7H2,1-2H3,(H,17,19). The molecule has 0 radical (unpaired) electrons. The highest BCUT2D eigenvalue weighted by Crippen LogP contribution is 2.24. The van der Waals surface area contributed by atoms with Crippen molar-refractivity contribution in [3.8, 4) is 5.75 Å². The molecule has 0 bridgehead atoms. The van der Waals surface area contributed by atoms with E-state index in [0.29, 0.717) is 10.0 Å². The number of carbonyl (C=O) groups is 1. The minimum Gasteiger partial charge on any atom is -0.507 e. The first-order valence-corrected chi connectivity index (χ1v) is 7.63. The average Bonchev–Trinajstić information content (AvgIpc) is 2.38. The molecule has 3 nitrogen and oxygen atoms in total. The van der Waals surface area contributed by atoms with Gasteiger partial charge in [0.2, 0.25) is 0 Å². The summed E-state index contributed by atoms with van der Waals surface area (Å²) >= 11 is 3.20. The van der Waals surface area contributed by atoms with E-state index < -0.39 is 0 Å². The molecule has 4 heteroatoms. The Morgan fingerprint density at radius 1 is 1.37 bits per heavy atom. The van der Waals surface area contributed by atoms with Crippen LogP contribution >= 0.6 is 15.9 Å². The summed E-state index contributed by atoms with van der Waals surface area (Å²) in [7, 11) is 0. The summed E-state index contributed by atoms with van der Waals surface area (Å²) in [6, 6.07) is 5.01. The predicted molar refractivity (Wildman–Crippen MR) is 81.5 cm³/mol. The molecule has 0 saturated heterocycles. The number of nitrogens with one attached hydrogen (secondary N) is 1. The van der Waals surface area contributed by atoms with Gasteiger partial charge in [0, 0.05) is 11.6 Å². The molecule has 0 aliphatic carbocycles. The number of benzene rings is 1. The molecule has 1 aromatic carbocycles. The highest BCUT2D eigenvalue weighted by atomic mass is 79.9. The van der Waals surface area contributed by atoms with E-state index in [1.807, 2.05) is 6.92 Å². The lowest BCUT2D eigenvalue weighted by Gasteiger charge is -2.14. The van der Waals surface area contributed by atoms with Crippen molar-refractivity contribution in [1.29, 1.82) is 0 Å². The van der Waals surface area contributed by atoms with Crippen molar-refractivity contribution < 1.29 is 9.90 Å². The van der Waals surface area contributed by atoms with Gasteiger partial charge in [-0.25, -0.2) is 0 Å². The lowest BCUT2D eigenvalue weighted by Crippen LogP contribution is -2.32. The zero-order valence-corrected chi connectivity index (χ0v) is 13.2. The molecule has 19 heavy (non-hydrogen) atoms. The van der Waals surface area contributed by atoms with Crippen molar-refractivity contribution in [2.75, 3.05) is 0 Å². The number of hydrogen-bond acceptors (Lipinski definition) is 2. The molecule has 0 heterocycles. The maximum absolute atomic E-state index is 12.0. The maximum atomic E-state index is 12.0. The van der Waals surface area contributed by atoms with Crippen LogP contribution in [-0.4, -0.2) is 17.1 Å². The summed E-state index contributed by atoms with van der Waals surface area (Å²) in [5, 5.41) is 12.5. The molecule has 0 saturated carbocycles. The molecule has 1 rings (SSSR count). The van der Waals surface area contributed by atoms with Gasteiger partial charge in [0.15, 0.2) is 0 Å². The Hall–Kier alpha value is -1.03. The van der Waals surface area contributed by atoms with Crippen LogP contribution in [0.3, 0.4) is 0 Å². The second-order valence-electron chi connectivity index (χ2n) is 4.89. The van der Waals surface area contributed by atoms with E-state index >= 15 is 0 Å². The second-order valence-corrected chi connectivity index (χ2v) is 5.74. The molecule has 0 fully saturated rings. The SMILES string of the molecule is CCCCCCC(C)NC(=O)c1ccc(Br)c(O)c1. The van der Waals surface area contributed by atoms with E-state index in [0.717, 1.165) is 12.8 Å². The number of carbonyl (C=O) groups excluding carboxylic acids is 1. The molecule has 2 N–H and O–H groups in total. The van der Waals surface area contributed by atoms with Gasteiger partial charge in [0.25, 0.3) is 5.91 Å². The van der Waals surface area contributed by atoms with Crippen LogP contribution in [0.15, 0.2) is 22.7 Å². The quantitative estimate of drug-likeness (QED) is 0.736. The summed E-state index contributed by atoms with van der Waals surface area (Å²) < 4.78 is 0.594. The number of rotatable bonds is 7. The summed E-state index contributed by atoms with van der Waals surface area (Å²) in [6.45, 7) is 4.20. The Balaban J connectivity index is 2.43. The minimum atomic E-state index is -0.134. The lowest BCUT2D eigenvalue weighted by molar-refractivity contribution is 0.0937. The smallest absolute Gasteiger partial charge is 0.251 e. The normalized spacial score (nSPS) is 12.2. The lowest BCUT2D eigenvalue weighted by atomic mass is 10.1. The van der Waals surface area contributed by atoms with E-state index in [2.05, 4.69) is 28.2 Å². The van der Waals surface area contributed by atoms with Gasteiger partial charge in [-0.3, -0.25) is 4.79 Å². The zero-order valence-electron chi connectivity index (χ0n) is 11.6. The third-order valence-corrected chi connectivity index (χ3v) is 3.75. The number of phenolic OH excluding ortho intramolecular Hbond substituents is 1. The molecule has 1 atom stereocenters. The first-order chi connectivity index (χ1) is 9.04. The third kappa shape index (κ3) is 5.64. The fourth-order valence-corrected chi connectivity index (χ4v) is 2.16. The zero-order chi connectivity index (χ0) is 14.3. The average molecular weight is 328 g/mol. The summed E-state index contributed by atoms with van der Waals surface area (Å²) in [5.74, 6) is -0.0472. The van der Waals surface area contributed by atoms with Crippen molar-refractivity contribution in [2.24, 2.45) is 0 Å². The first-order valence-electron chi connectivity index (χ1n) is 6.84. The molecule has 0 aromatic heterocycles. The van der Waals surface area contributed by atoms with E-state index in [1.165, 1.54) is 25.3 Å². The number of amides is 1. The summed E-state index contributed by atoms with van der Waals surface area (Å²) in [5.41, 5.74) is 0.487. The van der Waals surface area contributed by atoms with Crippen molar-refractivity contribution in [3.63, 3.8) is 0 Å². The van der Waals surface area contributed by atoms with Crippen molar-refractivity contribution in [2.45, 2.75) is 52.0 Å². The highest BCUT2D eigenvalue weighted by Gasteiger charge is 2.11. The molecule has 0 spiro atoms. The van der Waals surface area contributed by atoms with Crippen LogP contribution < -0.4 is 5.32 Å². The van der Waals surface area contributed by atoms with Crippen molar-refractivity contribution in [1.82, 2.24) is 5.32 Å². The first kappa shape index (κ1) is 16.0. The van der Waals surface area contributed by atoms with Crippen LogP contribution in [0.25, 0.3) is 0 Å². The predicted octanol–water partition coefficient (Wildman–Crippen LogP) is 4.24. The Bertz CT molecular complexity index is 421. The van der Waals surface area contributed by atoms with Gasteiger partial charge in [0.05, 0.1) is 4.47 Å². The van der Waals surface area contributed by atoms with Gasteiger partial charge in [-0.2, -0.15) is 0 Å². The number of unbranched alkanes of at least 4 members (excludes halogenated alkanes) is 3. The van der Waals surface area contributed by atoms with E-state index in [4.69, 9.17) is 0 Å². The van der Waals surface area contributed by atoms with Crippen LogP contribution in [0, 0.1) is 0 Å². The number of halogens is 1. The molecule has 0 aliphatic rings. The van der Waals surface area contributed by atoms with Crippen molar-refractivity contribution >= 4 is 21.8 Å². The Labute approximate surface area is 123 Å². The Kier molecular flexibility index (Phi) is 6.92. The maximum Gasteiger partial charge on any atom is 0.251 e. The largest absolute Gasteiger partial charge is 0.507 e. The van der Waals surface area contributed by atoms with Gasteiger partial charge in [-0.15, -0.1) is 0 Å². The van der Waals surface area contributed by atoms with Crippen molar-refractivity contribution in [3.05, 3.63) is 28.2 Å². The monoisotopic (exact) mass is 327 g/mol.